The fourth-order valence-electron chi connectivity index (χ4n) is 2.74. The van der Waals surface area contributed by atoms with Crippen LogP contribution in [0.1, 0.15) is 47.2 Å². The van der Waals surface area contributed by atoms with Gasteiger partial charge in [-0.3, -0.25) is 4.79 Å². The number of carbonyl (C=O) groups is 1. The summed E-state index contributed by atoms with van der Waals surface area (Å²) in [6.45, 7) is 8.12. The summed E-state index contributed by atoms with van der Waals surface area (Å²) in [4.78, 5) is 12.4. The first kappa shape index (κ1) is 15.8. The third-order valence-corrected chi connectivity index (χ3v) is 3.63. The zero-order valence-corrected chi connectivity index (χ0v) is 13.4. The van der Waals surface area contributed by atoms with Crippen molar-refractivity contribution in [3.05, 3.63) is 52.8 Å². The molecular formula is C18H20N2O2. The normalized spacial score (nSPS) is 10.5. The van der Waals surface area contributed by atoms with Crippen LogP contribution < -0.4 is 4.74 Å². The van der Waals surface area contributed by atoms with Crippen LogP contribution in [-0.2, 0) is 0 Å². The number of Topliss-reactive ketones (excluding diaryl/α,β-unsaturated/α-hetero) is 1. The lowest BCUT2D eigenvalue weighted by Crippen LogP contribution is -2.13. The van der Waals surface area contributed by atoms with Crippen molar-refractivity contribution in [2.45, 2.75) is 33.7 Å². The maximum Gasteiger partial charge on any atom is 0.202 e. The van der Waals surface area contributed by atoms with E-state index in [0.717, 1.165) is 11.4 Å². The van der Waals surface area contributed by atoms with Crippen LogP contribution in [0.15, 0.2) is 30.3 Å². The number of aryl methyl sites for hydroxylation is 1. The molecule has 22 heavy (non-hydrogen) atoms. The van der Waals surface area contributed by atoms with Crippen LogP contribution in [0.2, 0.25) is 0 Å². The summed E-state index contributed by atoms with van der Waals surface area (Å²) in [5.41, 5.74) is 3.25. The van der Waals surface area contributed by atoms with Crippen molar-refractivity contribution < 1.29 is 9.53 Å². The molecule has 2 rings (SSSR count). The van der Waals surface area contributed by atoms with Gasteiger partial charge in [0.1, 0.15) is 5.75 Å². The van der Waals surface area contributed by atoms with E-state index in [-0.39, 0.29) is 12.4 Å². The summed E-state index contributed by atoms with van der Waals surface area (Å²) in [7, 11) is 0. The Bertz CT molecular complexity index is 736. The van der Waals surface area contributed by atoms with E-state index in [0.29, 0.717) is 22.9 Å². The quantitative estimate of drug-likeness (QED) is 0.788. The van der Waals surface area contributed by atoms with Crippen LogP contribution in [0.25, 0.3) is 0 Å². The molecule has 0 atom stereocenters. The Hall–Kier alpha value is -2.54. The van der Waals surface area contributed by atoms with E-state index in [1.54, 1.807) is 24.3 Å². The van der Waals surface area contributed by atoms with Crippen molar-refractivity contribution in [3.63, 3.8) is 0 Å². The van der Waals surface area contributed by atoms with E-state index < -0.39 is 0 Å². The van der Waals surface area contributed by atoms with Gasteiger partial charge in [-0.1, -0.05) is 6.07 Å². The highest BCUT2D eigenvalue weighted by atomic mass is 16.5. The zero-order valence-electron chi connectivity index (χ0n) is 13.4. The Balaban J connectivity index is 2.13. The first-order valence-corrected chi connectivity index (χ1v) is 7.28. The Morgan fingerprint density at radius 3 is 2.64 bits per heavy atom. The molecule has 0 amide bonds. The number of aromatic nitrogens is 1. The van der Waals surface area contributed by atoms with Crippen molar-refractivity contribution in [2.75, 3.05) is 6.61 Å². The summed E-state index contributed by atoms with van der Waals surface area (Å²) in [6.07, 6.45) is 0. The molecule has 0 aliphatic heterocycles. The number of ketones is 1. The first-order chi connectivity index (χ1) is 10.4. The minimum absolute atomic E-state index is 0.0305. The maximum absolute atomic E-state index is 12.4. The van der Waals surface area contributed by atoms with Gasteiger partial charge in [-0.2, -0.15) is 5.26 Å². The molecule has 4 heteroatoms. The van der Waals surface area contributed by atoms with Crippen molar-refractivity contribution in [3.8, 4) is 11.8 Å². The van der Waals surface area contributed by atoms with E-state index in [2.05, 4.69) is 24.5 Å². The Morgan fingerprint density at radius 2 is 2.05 bits per heavy atom. The van der Waals surface area contributed by atoms with E-state index in [4.69, 9.17) is 10.00 Å². The zero-order chi connectivity index (χ0) is 16.3. The van der Waals surface area contributed by atoms with Gasteiger partial charge in [0, 0.05) is 23.0 Å². The minimum atomic E-state index is -0.0534. The molecule has 0 fully saturated rings. The predicted octanol–water partition coefficient (Wildman–Crippen LogP) is 3.82. The van der Waals surface area contributed by atoms with Gasteiger partial charge < -0.3 is 9.30 Å². The second-order valence-electron chi connectivity index (χ2n) is 5.60. The Kier molecular flexibility index (Phi) is 4.67. The van der Waals surface area contributed by atoms with E-state index >= 15 is 0 Å². The van der Waals surface area contributed by atoms with Crippen LogP contribution in [0.4, 0.5) is 0 Å². The fourth-order valence-corrected chi connectivity index (χ4v) is 2.74. The number of benzene rings is 1. The molecule has 114 valence electrons. The molecule has 0 N–H and O–H groups in total. The summed E-state index contributed by atoms with van der Waals surface area (Å²) in [6, 6.07) is 11.1. The molecule has 0 aliphatic carbocycles. The van der Waals surface area contributed by atoms with Crippen LogP contribution >= 0.6 is 0 Å². The SMILES string of the molecule is Cc1cc(C(=O)COc2cccc(C#N)c2)c(C)n1C(C)C. The second-order valence-corrected chi connectivity index (χ2v) is 5.60. The molecule has 0 saturated heterocycles. The van der Waals surface area contributed by atoms with Crippen LogP contribution in [0.3, 0.4) is 0 Å². The highest BCUT2D eigenvalue weighted by molar-refractivity contribution is 5.98. The summed E-state index contributed by atoms with van der Waals surface area (Å²) < 4.78 is 7.66. The van der Waals surface area contributed by atoms with Gasteiger partial charge in [0.05, 0.1) is 11.6 Å². The van der Waals surface area contributed by atoms with E-state index in [9.17, 15) is 4.79 Å². The van der Waals surface area contributed by atoms with Gasteiger partial charge in [0.25, 0.3) is 0 Å². The smallest absolute Gasteiger partial charge is 0.202 e. The highest BCUT2D eigenvalue weighted by Crippen LogP contribution is 2.21. The second kappa shape index (κ2) is 6.48. The molecule has 2 aromatic rings. The standard InChI is InChI=1S/C18H20N2O2/c1-12(2)20-13(3)8-17(14(20)4)18(21)11-22-16-7-5-6-15(9-16)10-19/h5-9,12H,11H2,1-4H3. The molecule has 0 bridgehead atoms. The molecule has 0 radical (unpaired) electrons. The number of hydrogen-bond donors (Lipinski definition) is 0. The molecular weight excluding hydrogens is 276 g/mol. The summed E-state index contributed by atoms with van der Waals surface area (Å²) in [5, 5.41) is 8.86. The predicted molar refractivity (Wildman–Crippen MR) is 85.3 cm³/mol. The molecule has 0 spiro atoms. The van der Waals surface area contributed by atoms with Crippen molar-refractivity contribution in [2.24, 2.45) is 0 Å². The average molecular weight is 296 g/mol. The van der Waals surface area contributed by atoms with E-state index in [1.165, 1.54) is 0 Å². The third kappa shape index (κ3) is 3.20. The number of carbonyl (C=O) groups excluding carboxylic acids is 1. The van der Waals surface area contributed by atoms with Crippen LogP contribution in [-0.4, -0.2) is 17.0 Å². The van der Waals surface area contributed by atoms with Gasteiger partial charge in [0.15, 0.2) is 6.61 Å². The Labute approximate surface area is 130 Å². The minimum Gasteiger partial charge on any atom is -0.485 e. The fraction of sp³-hybridized carbons (Fsp3) is 0.333. The molecule has 4 nitrogen and oxygen atoms in total. The van der Waals surface area contributed by atoms with Gasteiger partial charge >= 0.3 is 0 Å². The molecule has 1 aromatic carbocycles. The monoisotopic (exact) mass is 296 g/mol. The third-order valence-electron chi connectivity index (χ3n) is 3.63. The number of nitrogens with zero attached hydrogens (tertiary/aromatic N) is 2. The summed E-state index contributed by atoms with van der Waals surface area (Å²) >= 11 is 0. The van der Waals surface area contributed by atoms with Crippen molar-refractivity contribution in [1.82, 2.24) is 4.57 Å². The number of hydrogen-bond acceptors (Lipinski definition) is 3. The summed E-state index contributed by atoms with van der Waals surface area (Å²) in [5.74, 6) is 0.479. The Morgan fingerprint density at radius 1 is 1.32 bits per heavy atom. The molecule has 0 saturated carbocycles. The van der Waals surface area contributed by atoms with Crippen molar-refractivity contribution in [1.29, 1.82) is 5.26 Å². The van der Waals surface area contributed by atoms with Gasteiger partial charge in [-0.15, -0.1) is 0 Å². The van der Waals surface area contributed by atoms with Crippen LogP contribution in [0, 0.1) is 25.2 Å². The number of nitriles is 1. The van der Waals surface area contributed by atoms with Crippen molar-refractivity contribution >= 4 is 5.78 Å². The van der Waals surface area contributed by atoms with Crippen LogP contribution in [0.5, 0.6) is 5.75 Å². The lowest BCUT2D eigenvalue weighted by molar-refractivity contribution is 0.0920. The van der Waals surface area contributed by atoms with E-state index in [1.807, 2.05) is 19.9 Å². The first-order valence-electron chi connectivity index (χ1n) is 7.28. The lowest BCUT2D eigenvalue weighted by atomic mass is 10.1. The lowest BCUT2D eigenvalue weighted by Gasteiger charge is -2.13. The van der Waals surface area contributed by atoms with Gasteiger partial charge in [-0.05, 0) is 52.0 Å². The number of ether oxygens (including phenoxy) is 1. The molecule has 1 aromatic heterocycles. The highest BCUT2D eigenvalue weighted by Gasteiger charge is 2.17. The largest absolute Gasteiger partial charge is 0.485 e. The number of rotatable bonds is 5. The molecule has 0 aliphatic rings. The topological polar surface area (TPSA) is 55.0 Å². The van der Waals surface area contributed by atoms with Gasteiger partial charge in [-0.25, -0.2) is 0 Å². The molecule has 0 unspecified atom stereocenters. The van der Waals surface area contributed by atoms with Gasteiger partial charge in [0.2, 0.25) is 5.78 Å². The average Bonchev–Trinajstić information content (AvgIpc) is 2.80. The maximum atomic E-state index is 12.4. The molecule has 1 heterocycles.